The van der Waals surface area contributed by atoms with Gasteiger partial charge in [0.25, 0.3) is 5.56 Å². The second-order valence-corrected chi connectivity index (χ2v) is 4.37. The fraction of sp³-hybridized carbons (Fsp3) is 0.500. The minimum absolute atomic E-state index is 0.110. The van der Waals surface area contributed by atoms with Gasteiger partial charge in [-0.25, -0.2) is 4.68 Å². The Labute approximate surface area is 110 Å². The number of rotatable bonds is 6. The summed E-state index contributed by atoms with van der Waals surface area (Å²) in [4.78, 5) is 11.7. The van der Waals surface area contributed by atoms with Crippen LogP contribution >= 0.6 is 15.9 Å². The lowest BCUT2D eigenvalue weighted by Crippen LogP contribution is -2.23. The van der Waals surface area contributed by atoms with Gasteiger partial charge in [0.1, 0.15) is 4.47 Å². The van der Waals surface area contributed by atoms with Crippen molar-refractivity contribution in [1.82, 2.24) is 9.78 Å². The Hall–Kier alpha value is -1.28. The third kappa shape index (κ3) is 3.90. The van der Waals surface area contributed by atoms with Crippen molar-refractivity contribution in [2.24, 2.45) is 0 Å². The first-order chi connectivity index (χ1) is 8.20. The van der Waals surface area contributed by atoms with Crippen LogP contribution in [0, 0.1) is 12.3 Å². The molecule has 0 saturated heterocycles. The van der Waals surface area contributed by atoms with E-state index in [1.54, 1.807) is 6.20 Å². The minimum Gasteiger partial charge on any atom is -0.383 e. The van der Waals surface area contributed by atoms with Crippen molar-refractivity contribution >= 4 is 21.6 Å². The van der Waals surface area contributed by atoms with Gasteiger partial charge in [0.05, 0.1) is 11.9 Å². The Morgan fingerprint density at radius 3 is 3.00 bits per heavy atom. The molecule has 1 aromatic heterocycles. The molecule has 0 bridgehead atoms. The summed E-state index contributed by atoms with van der Waals surface area (Å²) >= 11 is 3.29. The summed E-state index contributed by atoms with van der Waals surface area (Å²) in [5, 5.41) is 7.22. The third-order valence-electron chi connectivity index (χ3n) is 2.35. The molecule has 1 rings (SSSR count). The molecule has 0 unspecified atom stereocenters. The smallest absolute Gasteiger partial charge is 0.283 e. The number of unbranched alkanes of at least 4 members (excludes halogenated alkanes) is 2. The number of nitrogens with zero attached hydrogens (tertiary/aromatic N) is 2. The summed E-state index contributed by atoms with van der Waals surface area (Å²) in [6.45, 7) is 3.24. The van der Waals surface area contributed by atoms with Crippen LogP contribution in [0.2, 0.25) is 0 Å². The van der Waals surface area contributed by atoms with E-state index in [0.717, 1.165) is 31.5 Å². The largest absolute Gasteiger partial charge is 0.383 e. The van der Waals surface area contributed by atoms with E-state index in [9.17, 15) is 4.79 Å². The second kappa shape index (κ2) is 7.13. The van der Waals surface area contributed by atoms with E-state index in [0.29, 0.717) is 11.0 Å². The van der Waals surface area contributed by atoms with Crippen LogP contribution in [0.5, 0.6) is 0 Å². The summed E-state index contributed by atoms with van der Waals surface area (Å²) in [5.74, 6) is 2.60. The number of anilines is 1. The van der Waals surface area contributed by atoms with Gasteiger partial charge in [-0.3, -0.25) is 4.79 Å². The lowest BCUT2D eigenvalue weighted by Gasteiger charge is -2.08. The molecule has 0 fully saturated rings. The summed E-state index contributed by atoms with van der Waals surface area (Å²) in [6, 6.07) is 0. The number of aryl methyl sites for hydroxylation is 1. The maximum absolute atomic E-state index is 11.7. The van der Waals surface area contributed by atoms with Crippen LogP contribution in [0.25, 0.3) is 0 Å². The van der Waals surface area contributed by atoms with Crippen LogP contribution in [-0.2, 0) is 6.54 Å². The van der Waals surface area contributed by atoms with Gasteiger partial charge >= 0.3 is 0 Å². The predicted molar refractivity (Wildman–Crippen MR) is 73.0 cm³/mol. The molecular weight excluding hydrogens is 282 g/mol. The molecule has 1 heterocycles. The topological polar surface area (TPSA) is 46.9 Å². The molecule has 0 radical (unpaired) electrons. The van der Waals surface area contributed by atoms with Gasteiger partial charge in [-0.05, 0) is 35.7 Å². The average molecular weight is 298 g/mol. The zero-order valence-corrected chi connectivity index (χ0v) is 11.5. The molecule has 5 heteroatoms. The molecule has 4 nitrogen and oxygen atoms in total. The van der Waals surface area contributed by atoms with Crippen molar-refractivity contribution in [3.63, 3.8) is 0 Å². The molecule has 92 valence electrons. The van der Waals surface area contributed by atoms with E-state index in [2.05, 4.69) is 32.3 Å². The number of terminal acetylenes is 1. The fourth-order valence-corrected chi connectivity index (χ4v) is 1.84. The van der Waals surface area contributed by atoms with Gasteiger partial charge in [-0.1, -0.05) is 0 Å². The highest BCUT2D eigenvalue weighted by Crippen LogP contribution is 2.16. The molecule has 0 spiro atoms. The lowest BCUT2D eigenvalue weighted by atomic mass is 10.2. The third-order valence-corrected chi connectivity index (χ3v) is 3.11. The number of nitrogens with one attached hydrogen (secondary N) is 1. The van der Waals surface area contributed by atoms with Crippen LogP contribution in [0.15, 0.2) is 15.5 Å². The molecule has 0 aliphatic rings. The van der Waals surface area contributed by atoms with E-state index in [1.165, 1.54) is 4.68 Å². The van der Waals surface area contributed by atoms with Crippen molar-refractivity contribution in [1.29, 1.82) is 0 Å². The Morgan fingerprint density at radius 1 is 1.59 bits per heavy atom. The second-order valence-electron chi connectivity index (χ2n) is 3.58. The van der Waals surface area contributed by atoms with Gasteiger partial charge in [-0.15, -0.1) is 12.3 Å². The first-order valence-electron chi connectivity index (χ1n) is 5.63. The van der Waals surface area contributed by atoms with Gasteiger partial charge in [0, 0.05) is 19.5 Å². The molecule has 0 saturated carbocycles. The van der Waals surface area contributed by atoms with Crippen molar-refractivity contribution in [3.05, 3.63) is 21.0 Å². The minimum atomic E-state index is -0.110. The highest BCUT2D eigenvalue weighted by Gasteiger charge is 2.06. The number of aromatic nitrogens is 2. The Bertz CT molecular complexity index is 462. The maximum atomic E-state index is 11.7. The first kappa shape index (κ1) is 13.8. The predicted octanol–water partition coefficient (Wildman–Crippen LogP) is 2.24. The molecule has 0 atom stereocenters. The zero-order valence-electron chi connectivity index (χ0n) is 9.87. The van der Waals surface area contributed by atoms with Crippen molar-refractivity contribution in [2.75, 3.05) is 11.9 Å². The van der Waals surface area contributed by atoms with E-state index >= 15 is 0 Å². The molecule has 0 aromatic carbocycles. The number of hydrogen-bond donors (Lipinski definition) is 1. The number of hydrogen-bond acceptors (Lipinski definition) is 3. The van der Waals surface area contributed by atoms with E-state index < -0.39 is 0 Å². The molecule has 17 heavy (non-hydrogen) atoms. The van der Waals surface area contributed by atoms with Crippen molar-refractivity contribution in [2.45, 2.75) is 32.7 Å². The van der Waals surface area contributed by atoms with E-state index in [-0.39, 0.29) is 5.56 Å². The SMILES string of the molecule is C#CCCCCNc1cnn(CC)c(=O)c1Br. The van der Waals surface area contributed by atoms with Crippen molar-refractivity contribution < 1.29 is 0 Å². The Kier molecular flexibility index (Phi) is 5.78. The Morgan fingerprint density at radius 2 is 2.35 bits per heavy atom. The molecule has 1 N–H and O–H groups in total. The maximum Gasteiger partial charge on any atom is 0.283 e. The average Bonchev–Trinajstić information content (AvgIpc) is 2.34. The summed E-state index contributed by atoms with van der Waals surface area (Å²) in [7, 11) is 0. The molecule has 0 amide bonds. The van der Waals surface area contributed by atoms with Crippen LogP contribution in [-0.4, -0.2) is 16.3 Å². The van der Waals surface area contributed by atoms with E-state index in [1.807, 2.05) is 6.92 Å². The summed E-state index contributed by atoms with van der Waals surface area (Å²) in [5.41, 5.74) is 0.626. The number of halogens is 1. The summed E-state index contributed by atoms with van der Waals surface area (Å²) < 4.78 is 1.94. The van der Waals surface area contributed by atoms with Gasteiger partial charge in [-0.2, -0.15) is 5.10 Å². The van der Waals surface area contributed by atoms with Crippen LogP contribution in [0.4, 0.5) is 5.69 Å². The normalized spacial score (nSPS) is 9.94. The quantitative estimate of drug-likeness (QED) is 0.647. The lowest BCUT2D eigenvalue weighted by molar-refractivity contribution is 0.612. The highest BCUT2D eigenvalue weighted by molar-refractivity contribution is 9.10. The van der Waals surface area contributed by atoms with Crippen LogP contribution in [0.1, 0.15) is 26.2 Å². The Balaban J connectivity index is 2.58. The van der Waals surface area contributed by atoms with Crippen molar-refractivity contribution in [3.8, 4) is 12.3 Å². The zero-order chi connectivity index (χ0) is 12.7. The van der Waals surface area contributed by atoms with Crippen LogP contribution < -0.4 is 10.9 Å². The molecular formula is C12H16BrN3O. The monoisotopic (exact) mass is 297 g/mol. The molecule has 0 aliphatic heterocycles. The molecule has 1 aromatic rings. The van der Waals surface area contributed by atoms with Gasteiger partial charge < -0.3 is 5.32 Å². The molecule has 0 aliphatic carbocycles. The standard InChI is InChI=1S/C12H16BrN3O/c1-3-5-6-7-8-14-10-9-15-16(4-2)12(17)11(10)13/h1,9,14H,4-8H2,2H3. The fourth-order valence-electron chi connectivity index (χ4n) is 1.39. The van der Waals surface area contributed by atoms with Crippen LogP contribution in [0.3, 0.4) is 0 Å². The first-order valence-corrected chi connectivity index (χ1v) is 6.43. The highest BCUT2D eigenvalue weighted by atomic mass is 79.9. The van der Waals surface area contributed by atoms with Gasteiger partial charge in [0.2, 0.25) is 0 Å². The summed E-state index contributed by atoms with van der Waals surface area (Å²) in [6.07, 6.45) is 9.59. The van der Waals surface area contributed by atoms with E-state index in [4.69, 9.17) is 6.42 Å². The van der Waals surface area contributed by atoms with Gasteiger partial charge in [0.15, 0.2) is 0 Å².